The summed E-state index contributed by atoms with van der Waals surface area (Å²) in [5.74, 6) is -1.22. The first-order valence-electron chi connectivity index (χ1n) is 4.76. The maximum Gasteiger partial charge on any atom is 0.358 e. The Hall–Kier alpha value is -0.710. The Labute approximate surface area is 94.2 Å². The van der Waals surface area contributed by atoms with Gasteiger partial charge in [0.15, 0.2) is 5.85 Å². The van der Waals surface area contributed by atoms with Gasteiger partial charge in [0.05, 0.1) is 13.2 Å². The molecule has 5 nitrogen and oxygen atoms in total. The van der Waals surface area contributed by atoms with Gasteiger partial charge in [0.1, 0.15) is 0 Å². The van der Waals surface area contributed by atoms with Gasteiger partial charge in [0.25, 0.3) is 0 Å². The molecule has 1 aromatic rings. The number of benzene rings is 1. The fourth-order valence-corrected chi connectivity index (χ4v) is 2.11. The Bertz CT molecular complexity index is 347. The van der Waals surface area contributed by atoms with Crippen molar-refractivity contribution in [1.29, 1.82) is 0 Å². The highest BCUT2D eigenvalue weighted by molar-refractivity contribution is 7.52. The molecule has 0 amide bonds. The van der Waals surface area contributed by atoms with Gasteiger partial charge in [-0.25, -0.2) is 0 Å². The van der Waals surface area contributed by atoms with Crippen LogP contribution in [-0.4, -0.2) is 30.1 Å². The van der Waals surface area contributed by atoms with Crippen molar-refractivity contribution < 1.29 is 23.8 Å². The van der Waals surface area contributed by atoms with Gasteiger partial charge < -0.3 is 19.3 Å². The van der Waals surface area contributed by atoms with E-state index in [4.69, 9.17) is 9.47 Å². The molecule has 2 N–H and O–H groups in total. The topological polar surface area (TPSA) is 76.0 Å². The maximum absolute atomic E-state index is 11.3. The molecule has 0 fully saturated rings. The first-order valence-corrected chi connectivity index (χ1v) is 6.44. The highest BCUT2D eigenvalue weighted by atomic mass is 31.2. The van der Waals surface area contributed by atoms with E-state index in [0.29, 0.717) is 12.2 Å². The smallest absolute Gasteiger partial charge is 0.358 e. The number of methoxy groups -OCH3 is 1. The number of rotatable bonds is 6. The molecule has 0 heterocycles. The first-order chi connectivity index (χ1) is 7.55. The van der Waals surface area contributed by atoms with E-state index in [0.717, 1.165) is 0 Å². The third-order valence-corrected chi connectivity index (χ3v) is 3.01. The van der Waals surface area contributed by atoms with Crippen molar-refractivity contribution in [3.8, 4) is 0 Å². The molecule has 0 radical (unpaired) electrons. The lowest BCUT2D eigenvalue weighted by Gasteiger charge is -2.19. The molecule has 0 saturated carbocycles. The van der Waals surface area contributed by atoms with Crippen LogP contribution in [-0.2, 0) is 14.0 Å². The van der Waals surface area contributed by atoms with E-state index < -0.39 is 13.4 Å². The molecule has 1 rings (SSSR count). The van der Waals surface area contributed by atoms with Gasteiger partial charge >= 0.3 is 7.60 Å². The summed E-state index contributed by atoms with van der Waals surface area (Å²) in [5.41, 5.74) is 0.465. The predicted molar refractivity (Wildman–Crippen MR) is 59.1 cm³/mol. The Morgan fingerprint density at radius 2 is 1.88 bits per heavy atom. The van der Waals surface area contributed by atoms with E-state index in [1.54, 1.807) is 30.3 Å². The Morgan fingerprint density at radius 3 is 2.38 bits per heavy atom. The standard InChI is InChI=1S/C10H15O5P/c1-14-7-8-15-10(16(11,12)13)9-5-3-2-4-6-9/h2-6,10H,7-8H2,1H3,(H2,11,12,13). The van der Waals surface area contributed by atoms with Gasteiger partial charge in [-0.3, -0.25) is 4.57 Å². The SMILES string of the molecule is COCCOC(c1ccccc1)P(=O)(O)O. The summed E-state index contributed by atoms with van der Waals surface area (Å²) in [7, 11) is -2.82. The minimum Gasteiger partial charge on any atom is -0.382 e. The molecule has 0 aromatic heterocycles. The zero-order valence-corrected chi connectivity index (χ0v) is 9.84. The molecule has 6 heteroatoms. The summed E-state index contributed by atoms with van der Waals surface area (Å²) < 4.78 is 21.2. The summed E-state index contributed by atoms with van der Waals surface area (Å²) in [5, 5.41) is 0. The number of hydrogen-bond donors (Lipinski definition) is 2. The lowest BCUT2D eigenvalue weighted by atomic mass is 10.2. The van der Waals surface area contributed by atoms with E-state index in [1.165, 1.54) is 7.11 Å². The lowest BCUT2D eigenvalue weighted by Crippen LogP contribution is -2.09. The van der Waals surface area contributed by atoms with Crippen molar-refractivity contribution in [2.45, 2.75) is 5.85 Å². The highest BCUT2D eigenvalue weighted by Crippen LogP contribution is 2.52. The van der Waals surface area contributed by atoms with Gasteiger partial charge in [-0.1, -0.05) is 30.3 Å². The van der Waals surface area contributed by atoms with Crippen LogP contribution in [0.5, 0.6) is 0 Å². The minimum absolute atomic E-state index is 0.140. The molecular weight excluding hydrogens is 231 g/mol. The van der Waals surface area contributed by atoms with Crippen LogP contribution in [0.2, 0.25) is 0 Å². The summed E-state index contributed by atoms with van der Waals surface area (Å²) in [6.45, 7) is 0.435. The van der Waals surface area contributed by atoms with Gasteiger partial charge in [0, 0.05) is 7.11 Å². The number of hydrogen-bond acceptors (Lipinski definition) is 3. The molecule has 0 saturated heterocycles. The van der Waals surface area contributed by atoms with Crippen LogP contribution in [0, 0.1) is 0 Å². The van der Waals surface area contributed by atoms with E-state index in [1.807, 2.05) is 0 Å². The molecule has 0 spiro atoms. The van der Waals surface area contributed by atoms with Crippen molar-refractivity contribution in [3.05, 3.63) is 35.9 Å². The van der Waals surface area contributed by atoms with E-state index >= 15 is 0 Å². The molecule has 1 aromatic carbocycles. The van der Waals surface area contributed by atoms with Crippen LogP contribution >= 0.6 is 7.60 Å². The number of ether oxygens (including phenoxy) is 2. The highest BCUT2D eigenvalue weighted by Gasteiger charge is 2.31. The van der Waals surface area contributed by atoms with Crippen LogP contribution in [0.4, 0.5) is 0 Å². The van der Waals surface area contributed by atoms with Crippen LogP contribution in [0.1, 0.15) is 11.4 Å². The fraction of sp³-hybridized carbons (Fsp3) is 0.400. The maximum atomic E-state index is 11.3. The van der Waals surface area contributed by atoms with Gasteiger partial charge in [0.2, 0.25) is 0 Å². The molecule has 90 valence electrons. The molecule has 0 aliphatic rings. The first kappa shape index (κ1) is 13.4. The van der Waals surface area contributed by atoms with Crippen molar-refractivity contribution in [1.82, 2.24) is 0 Å². The predicted octanol–water partition coefficient (Wildman–Crippen LogP) is 1.53. The molecule has 1 atom stereocenters. The largest absolute Gasteiger partial charge is 0.382 e. The second kappa shape index (κ2) is 6.13. The second-order valence-electron chi connectivity index (χ2n) is 3.22. The zero-order valence-electron chi connectivity index (χ0n) is 8.94. The second-order valence-corrected chi connectivity index (χ2v) is 4.86. The molecule has 1 unspecified atom stereocenters. The van der Waals surface area contributed by atoms with Gasteiger partial charge in [-0.2, -0.15) is 0 Å². The molecule has 0 bridgehead atoms. The molecule has 0 aliphatic carbocycles. The summed E-state index contributed by atoms with van der Waals surface area (Å²) in [6, 6.07) is 8.43. The summed E-state index contributed by atoms with van der Waals surface area (Å²) in [4.78, 5) is 18.4. The normalized spacial score (nSPS) is 13.7. The van der Waals surface area contributed by atoms with E-state index in [9.17, 15) is 14.4 Å². The average Bonchev–Trinajstić information content (AvgIpc) is 2.24. The minimum atomic E-state index is -4.32. The monoisotopic (exact) mass is 246 g/mol. The summed E-state index contributed by atoms with van der Waals surface area (Å²) in [6.07, 6.45) is 0. The third-order valence-electron chi connectivity index (χ3n) is 1.95. The lowest BCUT2D eigenvalue weighted by molar-refractivity contribution is 0.0415. The van der Waals surface area contributed by atoms with Crippen molar-refractivity contribution in [3.63, 3.8) is 0 Å². The van der Waals surface area contributed by atoms with Gasteiger partial charge in [-0.15, -0.1) is 0 Å². The molecule has 16 heavy (non-hydrogen) atoms. The van der Waals surface area contributed by atoms with E-state index in [2.05, 4.69) is 0 Å². The van der Waals surface area contributed by atoms with E-state index in [-0.39, 0.29) is 6.61 Å². The zero-order chi connectivity index (χ0) is 12.0. The summed E-state index contributed by atoms with van der Waals surface area (Å²) >= 11 is 0. The van der Waals surface area contributed by atoms with Crippen LogP contribution in [0.25, 0.3) is 0 Å². The fourth-order valence-electron chi connectivity index (χ4n) is 1.25. The van der Waals surface area contributed by atoms with Crippen molar-refractivity contribution in [2.24, 2.45) is 0 Å². The van der Waals surface area contributed by atoms with Gasteiger partial charge in [-0.05, 0) is 5.56 Å². The molecular formula is C10H15O5P. The van der Waals surface area contributed by atoms with Crippen molar-refractivity contribution in [2.75, 3.05) is 20.3 Å². The average molecular weight is 246 g/mol. The van der Waals surface area contributed by atoms with Crippen LogP contribution in [0.15, 0.2) is 30.3 Å². The quantitative estimate of drug-likeness (QED) is 0.588. The Kier molecular flexibility index (Phi) is 5.12. The van der Waals surface area contributed by atoms with Crippen molar-refractivity contribution >= 4 is 7.60 Å². The van der Waals surface area contributed by atoms with Crippen LogP contribution in [0.3, 0.4) is 0 Å². The Morgan fingerprint density at radius 1 is 1.25 bits per heavy atom. The van der Waals surface area contributed by atoms with Crippen LogP contribution < -0.4 is 0 Å². The Balaban J connectivity index is 2.77. The third kappa shape index (κ3) is 4.04. The molecule has 0 aliphatic heterocycles.